The number of rotatable bonds is 4. The summed E-state index contributed by atoms with van der Waals surface area (Å²) in [5, 5.41) is 3.63. The number of piperazine rings is 1. The van der Waals surface area contributed by atoms with Crippen molar-refractivity contribution in [2.45, 2.75) is 25.4 Å². The first-order chi connectivity index (χ1) is 8.65. The SMILES string of the molecule is C=C(Br)CN1CC(Cc2ccccc2)NCC1C. The molecule has 1 aliphatic heterocycles. The third-order valence-electron chi connectivity index (χ3n) is 3.48. The Hall–Kier alpha value is -0.640. The predicted molar refractivity (Wildman–Crippen MR) is 81.0 cm³/mol. The van der Waals surface area contributed by atoms with E-state index in [1.165, 1.54) is 5.56 Å². The Kier molecular flexibility index (Phi) is 4.98. The molecule has 0 saturated carbocycles. The molecule has 1 heterocycles. The van der Waals surface area contributed by atoms with E-state index in [1.807, 2.05) is 0 Å². The lowest BCUT2D eigenvalue weighted by Crippen LogP contribution is -2.56. The Morgan fingerprint density at radius 2 is 2.17 bits per heavy atom. The minimum Gasteiger partial charge on any atom is -0.311 e. The summed E-state index contributed by atoms with van der Waals surface area (Å²) < 4.78 is 1.06. The molecule has 2 rings (SSSR count). The zero-order valence-electron chi connectivity index (χ0n) is 10.9. The summed E-state index contributed by atoms with van der Waals surface area (Å²) >= 11 is 3.47. The van der Waals surface area contributed by atoms with Crippen LogP contribution in [0.4, 0.5) is 0 Å². The van der Waals surface area contributed by atoms with Crippen molar-refractivity contribution < 1.29 is 0 Å². The van der Waals surface area contributed by atoms with Crippen LogP contribution in [0.1, 0.15) is 12.5 Å². The fourth-order valence-corrected chi connectivity index (χ4v) is 2.79. The molecule has 1 fully saturated rings. The normalized spacial score (nSPS) is 25.0. The average Bonchev–Trinajstić information content (AvgIpc) is 2.34. The van der Waals surface area contributed by atoms with Crippen LogP contribution in [-0.4, -0.2) is 36.6 Å². The van der Waals surface area contributed by atoms with E-state index in [1.54, 1.807) is 0 Å². The van der Waals surface area contributed by atoms with Gasteiger partial charge in [-0.2, -0.15) is 0 Å². The van der Waals surface area contributed by atoms with Gasteiger partial charge in [0.15, 0.2) is 0 Å². The molecule has 1 saturated heterocycles. The van der Waals surface area contributed by atoms with Crippen molar-refractivity contribution >= 4 is 15.9 Å². The van der Waals surface area contributed by atoms with Crippen molar-refractivity contribution in [3.8, 4) is 0 Å². The van der Waals surface area contributed by atoms with E-state index in [9.17, 15) is 0 Å². The van der Waals surface area contributed by atoms with Crippen LogP contribution < -0.4 is 5.32 Å². The summed E-state index contributed by atoms with van der Waals surface area (Å²) in [6, 6.07) is 11.8. The minimum atomic E-state index is 0.537. The van der Waals surface area contributed by atoms with Crippen molar-refractivity contribution in [3.05, 3.63) is 47.0 Å². The molecule has 0 aliphatic carbocycles. The van der Waals surface area contributed by atoms with Gasteiger partial charge in [0.25, 0.3) is 0 Å². The molecular formula is C15H21BrN2. The highest BCUT2D eigenvalue weighted by atomic mass is 79.9. The van der Waals surface area contributed by atoms with Crippen molar-refractivity contribution in [1.29, 1.82) is 0 Å². The second kappa shape index (κ2) is 6.50. The van der Waals surface area contributed by atoms with Gasteiger partial charge in [-0.05, 0) is 18.9 Å². The first kappa shape index (κ1) is 13.8. The van der Waals surface area contributed by atoms with Crippen molar-refractivity contribution in [1.82, 2.24) is 10.2 Å². The molecule has 0 spiro atoms. The van der Waals surface area contributed by atoms with Gasteiger partial charge in [0, 0.05) is 36.2 Å². The molecule has 98 valence electrons. The number of hydrogen-bond acceptors (Lipinski definition) is 2. The van der Waals surface area contributed by atoms with Gasteiger partial charge in [-0.15, -0.1) is 0 Å². The largest absolute Gasteiger partial charge is 0.311 e. The number of nitrogens with zero attached hydrogens (tertiary/aromatic N) is 1. The highest BCUT2D eigenvalue weighted by molar-refractivity contribution is 9.11. The molecule has 1 aromatic carbocycles. The van der Waals surface area contributed by atoms with E-state index in [2.05, 4.69) is 70.0 Å². The van der Waals surface area contributed by atoms with Crippen LogP contribution in [0.5, 0.6) is 0 Å². The van der Waals surface area contributed by atoms with Gasteiger partial charge in [-0.3, -0.25) is 4.90 Å². The van der Waals surface area contributed by atoms with Gasteiger partial charge in [0.1, 0.15) is 0 Å². The summed E-state index contributed by atoms with van der Waals surface area (Å²) in [7, 11) is 0. The lowest BCUT2D eigenvalue weighted by molar-refractivity contribution is 0.155. The highest BCUT2D eigenvalue weighted by Gasteiger charge is 2.24. The molecule has 0 radical (unpaired) electrons. The lowest BCUT2D eigenvalue weighted by Gasteiger charge is -2.38. The van der Waals surface area contributed by atoms with Crippen molar-refractivity contribution in [2.24, 2.45) is 0 Å². The molecule has 0 bridgehead atoms. The monoisotopic (exact) mass is 308 g/mol. The molecule has 2 atom stereocenters. The van der Waals surface area contributed by atoms with E-state index in [4.69, 9.17) is 0 Å². The molecular weight excluding hydrogens is 288 g/mol. The Morgan fingerprint density at radius 1 is 1.44 bits per heavy atom. The van der Waals surface area contributed by atoms with Crippen LogP contribution in [0.2, 0.25) is 0 Å². The molecule has 3 heteroatoms. The Balaban J connectivity index is 1.93. The lowest BCUT2D eigenvalue weighted by atomic mass is 10.0. The molecule has 2 nitrogen and oxygen atoms in total. The summed E-state index contributed by atoms with van der Waals surface area (Å²) in [4.78, 5) is 2.49. The Labute approximate surface area is 118 Å². The van der Waals surface area contributed by atoms with Crippen LogP contribution in [0.3, 0.4) is 0 Å². The fourth-order valence-electron chi connectivity index (χ4n) is 2.47. The zero-order chi connectivity index (χ0) is 13.0. The molecule has 2 unspecified atom stereocenters. The van der Waals surface area contributed by atoms with E-state index in [-0.39, 0.29) is 0 Å². The molecule has 0 amide bonds. The van der Waals surface area contributed by atoms with E-state index < -0.39 is 0 Å². The van der Waals surface area contributed by atoms with Crippen molar-refractivity contribution in [2.75, 3.05) is 19.6 Å². The van der Waals surface area contributed by atoms with Gasteiger partial charge < -0.3 is 5.32 Å². The average molecular weight is 309 g/mol. The standard InChI is InChI=1S/C15H21BrN2/c1-12(16)10-18-11-15(17-9-13(18)2)8-14-6-4-3-5-7-14/h3-7,13,15,17H,1,8-11H2,2H3. The third-order valence-corrected chi connectivity index (χ3v) is 3.73. The van der Waals surface area contributed by atoms with Crippen LogP contribution in [0.25, 0.3) is 0 Å². The van der Waals surface area contributed by atoms with Gasteiger partial charge >= 0.3 is 0 Å². The quantitative estimate of drug-likeness (QED) is 0.920. The Bertz CT molecular complexity index is 391. The summed E-state index contributed by atoms with van der Waals surface area (Å²) in [6.45, 7) is 9.29. The maximum atomic E-state index is 3.95. The second-order valence-electron chi connectivity index (χ2n) is 5.09. The van der Waals surface area contributed by atoms with Crippen LogP contribution in [0.15, 0.2) is 41.4 Å². The molecule has 18 heavy (non-hydrogen) atoms. The fraction of sp³-hybridized carbons (Fsp3) is 0.467. The Morgan fingerprint density at radius 3 is 2.83 bits per heavy atom. The van der Waals surface area contributed by atoms with E-state index in [0.717, 1.165) is 30.5 Å². The van der Waals surface area contributed by atoms with E-state index >= 15 is 0 Å². The van der Waals surface area contributed by atoms with Crippen molar-refractivity contribution in [3.63, 3.8) is 0 Å². The van der Waals surface area contributed by atoms with Gasteiger partial charge in [-0.1, -0.05) is 52.8 Å². The van der Waals surface area contributed by atoms with Crippen LogP contribution in [0, 0.1) is 0 Å². The molecule has 1 aromatic rings. The molecule has 1 N–H and O–H groups in total. The second-order valence-corrected chi connectivity index (χ2v) is 6.21. The smallest absolute Gasteiger partial charge is 0.0297 e. The zero-order valence-corrected chi connectivity index (χ0v) is 12.5. The highest BCUT2D eigenvalue weighted by Crippen LogP contribution is 2.14. The number of hydrogen-bond donors (Lipinski definition) is 1. The van der Waals surface area contributed by atoms with E-state index in [0.29, 0.717) is 12.1 Å². The third kappa shape index (κ3) is 3.94. The van der Waals surface area contributed by atoms with Gasteiger partial charge in [-0.25, -0.2) is 0 Å². The number of nitrogens with one attached hydrogen (secondary N) is 1. The maximum Gasteiger partial charge on any atom is 0.0297 e. The first-order valence-corrected chi connectivity index (χ1v) is 7.29. The number of halogens is 1. The maximum absolute atomic E-state index is 3.95. The minimum absolute atomic E-state index is 0.537. The predicted octanol–water partition coefficient (Wildman–Crippen LogP) is 2.80. The first-order valence-electron chi connectivity index (χ1n) is 6.50. The topological polar surface area (TPSA) is 15.3 Å². The van der Waals surface area contributed by atoms with Gasteiger partial charge in [0.05, 0.1) is 0 Å². The van der Waals surface area contributed by atoms with Gasteiger partial charge in [0.2, 0.25) is 0 Å². The van der Waals surface area contributed by atoms with Crippen LogP contribution >= 0.6 is 15.9 Å². The molecule has 0 aromatic heterocycles. The summed E-state index contributed by atoms with van der Waals surface area (Å²) in [6.07, 6.45) is 1.10. The summed E-state index contributed by atoms with van der Waals surface area (Å²) in [5.74, 6) is 0. The van der Waals surface area contributed by atoms with Crippen LogP contribution in [-0.2, 0) is 6.42 Å². The summed E-state index contributed by atoms with van der Waals surface area (Å²) in [5.41, 5.74) is 1.40. The number of benzene rings is 1. The molecule has 1 aliphatic rings.